The number of rotatable bonds is 9. The van der Waals surface area contributed by atoms with Crippen LogP contribution in [0.25, 0.3) is 0 Å². The Balaban J connectivity index is 1.30. The van der Waals surface area contributed by atoms with E-state index in [1.54, 1.807) is 12.1 Å². The van der Waals surface area contributed by atoms with Crippen LogP contribution in [0.4, 0.5) is 15.8 Å². The van der Waals surface area contributed by atoms with E-state index >= 15 is 4.39 Å². The van der Waals surface area contributed by atoms with Crippen LogP contribution in [-0.4, -0.2) is 76.9 Å². The fraction of sp³-hybridized carbons (Fsp3) is 0.357. The fourth-order valence-electron chi connectivity index (χ4n) is 5.03. The second-order valence-electron chi connectivity index (χ2n) is 9.71. The first-order chi connectivity index (χ1) is 18.4. The van der Waals surface area contributed by atoms with Crippen molar-refractivity contribution in [2.45, 2.75) is 31.2 Å². The molecule has 38 heavy (non-hydrogen) atoms. The standard InChI is InChI=1S/C28H32FN5O4/c1-2-23(18-6-4-3-5-7-18)30-31-26(17-35)33-12-10-32(11-13-33)25-15-24-20(14-22(25)29)27(36)21(28(37)38)16-34(24)19-8-9-19/h2-7,14-16,19,26-27,31,35-36H,1,8-13,17H2,(H,37,38)/b30-23+. The zero-order valence-corrected chi connectivity index (χ0v) is 21.0. The number of carboxylic acids is 1. The van der Waals surface area contributed by atoms with Crippen LogP contribution in [0, 0.1) is 5.82 Å². The summed E-state index contributed by atoms with van der Waals surface area (Å²) in [5, 5.41) is 34.6. The number of carboxylic acid groups (broad SMARTS) is 1. The molecule has 0 radical (unpaired) electrons. The Kier molecular flexibility index (Phi) is 7.46. The van der Waals surface area contributed by atoms with Crippen LogP contribution in [0.3, 0.4) is 0 Å². The zero-order chi connectivity index (χ0) is 26.8. The number of aliphatic hydroxyl groups is 2. The van der Waals surface area contributed by atoms with Crippen molar-refractivity contribution in [3.8, 4) is 0 Å². The molecule has 2 heterocycles. The number of hydrazone groups is 1. The van der Waals surface area contributed by atoms with Crippen LogP contribution in [-0.2, 0) is 4.79 Å². The predicted molar refractivity (Wildman–Crippen MR) is 144 cm³/mol. The number of hydrogen-bond acceptors (Lipinski definition) is 8. The van der Waals surface area contributed by atoms with Gasteiger partial charge < -0.3 is 25.1 Å². The van der Waals surface area contributed by atoms with Gasteiger partial charge in [-0.1, -0.05) is 36.9 Å². The highest BCUT2D eigenvalue weighted by Crippen LogP contribution is 2.44. The van der Waals surface area contributed by atoms with Crippen LogP contribution < -0.4 is 15.2 Å². The highest BCUT2D eigenvalue weighted by Gasteiger charge is 2.38. The van der Waals surface area contributed by atoms with Gasteiger partial charge in [0.05, 0.1) is 23.6 Å². The summed E-state index contributed by atoms with van der Waals surface area (Å²) < 4.78 is 15.3. The molecule has 5 rings (SSSR count). The average molecular weight is 522 g/mol. The molecular formula is C28H32FN5O4. The smallest absolute Gasteiger partial charge is 0.336 e. The molecular weight excluding hydrogens is 489 g/mol. The lowest BCUT2D eigenvalue weighted by atomic mass is 9.95. The number of nitrogens with zero attached hydrogens (tertiary/aromatic N) is 4. The Morgan fingerprint density at radius 1 is 1.16 bits per heavy atom. The molecule has 1 aliphatic carbocycles. The largest absolute Gasteiger partial charge is 0.478 e. The molecule has 0 amide bonds. The summed E-state index contributed by atoms with van der Waals surface area (Å²) in [6, 6.07) is 12.8. The minimum absolute atomic E-state index is 0.150. The number of aliphatic carboxylic acids is 1. The first kappa shape index (κ1) is 25.9. The first-order valence-electron chi connectivity index (χ1n) is 12.8. The van der Waals surface area contributed by atoms with E-state index < -0.39 is 24.1 Å². The van der Waals surface area contributed by atoms with Crippen LogP contribution >= 0.6 is 0 Å². The van der Waals surface area contributed by atoms with Gasteiger partial charge in [0.2, 0.25) is 0 Å². The van der Waals surface area contributed by atoms with E-state index in [4.69, 9.17) is 0 Å². The number of fused-ring (bicyclic) bond motifs is 1. The van der Waals surface area contributed by atoms with Gasteiger partial charge >= 0.3 is 5.97 Å². The average Bonchev–Trinajstić information content (AvgIpc) is 3.77. The van der Waals surface area contributed by atoms with Gasteiger partial charge in [0.25, 0.3) is 0 Å². The maximum atomic E-state index is 15.3. The van der Waals surface area contributed by atoms with Gasteiger partial charge in [-0.05, 0) is 31.1 Å². The van der Waals surface area contributed by atoms with Crippen molar-refractivity contribution in [2.75, 3.05) is 42.6 Å². The molecule has 2 aromatic carbocycles. The summed E-state index contributed by atoms with van der Waals surface area (Å²) in [5.41, 5.74) is 5.81. The fourth-order valence-corrected chi connectivity index (χ4v) is 5.03. The van der Waals surface area contributed by atoms with Gasteiger partial charge in [0.15, 0.2) is 0 Å². The molecule has 1 saturated heterocycles. The van der Waals surface area contributed by atoms with Crippen molar-refractivity contribution in [1.82, 2.24) is 10.3 Å². The Hall–Kier alpha value is -3.73. The predicted octanol–water partition coefficient (Wildman–Crippen LogP) is 2.43. The number of benzene rings is 2. The van der Waals surface area contributed by atoms with E-state index in [-0.39, 0.29) is 23.8 Å². The van der Waals surface area contributed by atoms with Gasteiger partial charge in [0.1, 0.15) is 18.1 Å². The molecule has 2 unspecified atom stereocenters. The molecule has 2 atom stereocenters. The second-order valence-corrected chi connectivity index (χ2v) is 9.71. The van der Waals surface area contributed by atoms with Gasteiger partial charge in [-0.3, -0.25) is 10.3 Å². The number of halogens is 1. The molecule has 3 aliphatic rings. The van der Waals surface area contributed by atoms with E-state index in [0.717, 1.165) is 18.4 Å². The third-order valence-corrected chi connectivity index (χ3v) is 7.29. The van der Waals surface area contributed by atoms with Crippen molar-refractivity contribution in [2.24, 2.45) is 5.10 Å². The Labute approximate surface area is 220 Å². The van der Waals surface area contributed by atoms with Crippen molar-refractivity contribution < 1.29 is 24.5 Å². The number of hydrogen-bond donors (Lipinski definition) is 4. The normalized spacial score (nSPS) is 21.0. The summed E-state index contributed by atoms with van der Waals surface area (Å²) in [7, 11) is 0. The van der Waals surface area contributed by atoms with Gasteiger partial charge in [-0.15, -0.1) is 0 Å². The topological polar surface area (TPSA) is 112 Å². The summed E-state index contributed by atoms with van der Waals surface area (Å²) in [6.45, 7) is 5.86. The SMILES string of the molecule is C=C/C(=N\NC(CO)N1CCN(c2cc3c(cc2F)C(O)C(C(=O)O)=CN3C2CC2)CC1)c1ccccc1. The molecule has 9 nitrogen and oxygen atoms in total. The summed E-state index contributed by atoms with van der Waals surface area (Å²) in [4.78, 5) is 17.5. The zero-order valence-electron chi connectivity index (χ0n) is 21.0. The number of anilines is 2. The Bertz CT molecular complexity index is 1260. The molecule has 2 aliphatic heterocycles. The molecule has 1 saturated carbocycles. The van der Waals surface area contributed by atoms with Crippen LogP contribution in [0.15, 0.2) is 72.0 Å². The molecule has 2 aromatic rings. The molecule has 2 fully saturated rings. The first-order valence-corrected chi connectivity index (χ1v) is 12.8. The van der Waals surface area contributed by atoms with E-state index in [0.29, 0.717) is 43.3 Å². The summed E-state index contributed by atoms with van der Waals surface area (Å²) in [5.74, 6) is -1.71. The number of allylic oxidation sites excluding steroid dienone is 1. The number of carbonyl (C=O) groups is 1. The molecule has 4 N–H and O–H groups in total. The van der Waals surface area contributed by atoms with Gasteiger partial charge in [0, 0.05) is 55.2 Å². The van der Waals surface area contributed by atoms with E-state index in [1.165, 1.54) is 12.3 Å². The van der Waals surface area contributed by atoms with E-state index in [9.17, 15) is 20.1 Å². The lowest BCUT2D eigenvalue weighted by Gasteiger charge is -2.40. The quantitative estimate of drug-likeness (QED) is 0.294. The highest BCUT2D eigenvalue weighted by atomic mass is 19.1. The lowest BCUT2D eigenvalue weighted by molar-refractivity contribution is -0.133. The van der Waals surface area contributed by atoms with E-state index in [2.05, 4.69) is 22.0 Å². The molecule has 0 aromatic heterocycles. The number of aliphatic hydroxyl groups excluding tert-OH is 2. The minimum Gasteiger partial charge on any atom is -0.478 e. The van der Waals surface area contributed by atoms with Crippen LogP contribution in [0.5, 0.6) is 0 Å². The van der Waals surface area contributed by atoms with Crippen molar-refractivity contribution >= 4 is 23.1 Å². The Morgan fingerprint density at radius 2 is 1.87 bits per heavy atom. The molecule has 10 heteroatoms. The van der Waals surface area contributed by atoms with Crippen molar-refractivity contribution in [1.29, 1.82) is 0 Å². The second kappa shape index (κ2) is 10.9. The summed E-state index contributed by atoms with van der Waals surface area (Å²) in [6.07, 6.45) is 3.18. The highest BCUT2D eigenvalue weighted by molar-refractivity contribution is 6.08. The molecule has 0 bridgehead atoms. The van der Waals surface area contributed by atoms with Crippen molar-refractivity contribution in [3.05, 3.63) is 83.8 Å². The van der Waals surface area contributed by atoms with Crippen LogP contribution in [0.2, 0.25) is 0 Å². The third kappa shape index (κ3) is 5.15. The maximum absolute atomic E-state index is 15.3. The maximum Gasteiger partial charge on any atom is 0.336 e. The monoisotopic (exact) mass is 521 g/mol. The summed E-state index contributed by atoms with van der Waals surface area (Å²) >= 11 is 0. The van der Waals surface area contributed by atoms with Crippen molar-refractivity contribution in [3.63, 3.8) is 0 Å². The molecule has 200 valence electrons. The lowest BCUT2D eigenvalue weighted by Crippen LogP contribution is -2.55. The number of nitrogens with one attached hydrogen (secondary N) is 1. The Morgan fingerprint density at radius 3 is 2.47 bits per heavy atom. The minimum atomic E-state index is -1.38. The van der Waals surface area contributed by atoms with Crippen LogP contribution in [0.1, 0.15) is 30.1 Å². The number of piperazine rings is 1. The molecule has 0 spiro atoms. The van der Waals surface area contributed by atoms with E-state index in [1.807, 2.05) is 40.1 Å². The van der Waals surface area contributed by atoms with Gasteiger partial charge in [-0.2, -0.15) is 5.10 Å². The third-order valence-electron chi connectivity index (χ3n) is 7.29. The van der Waals surface area contributed by atoms with Gasteiger partial charge in [-0.25, -0.2) is 9.18 Å².